The molecule has 1 heterocycles. The van der Waals surface area contributed by atoms with Crippen molar-refractivity contribution < 1.29 is 9.53 Å². The Morgan fingerprint density at radius 3 is 2.48 bits per heavy atom. The van der Waals surface area contributed by atoms with Crippen LogP contribution in [0.3, 0.4) is 0 Å². The van der Waals surface area contributed by atoms with Gasteiger partial charge in [-0.25, -0.2) is 4.79 Å². The van der Waals surface area contributed by atoms with Crippen LogP contribution in [0.2, 0.25) is 0 Å². The average molecular weight is 309 g/mol. The van der Waals surface area contributed by atoms with E-state index in [1.807, 2.05) is 24.3 Å². The van der Waals surface area contributed by atoms with Gasteiger partial charge in [0.15, 0.2) is 0 Å². The summed E-state index contributed by atoms with van der Waals surface area (Å²) < 4.78 is 4.77. The number of anilines is 1. The second-order valence-electron chi connectivity index (χ2n) is 6.50. The van der Waals surface area contributed by atoms with Crippen LogP contribution >= 0.6 is 0 Å². The highest BCUT2D eigenvalue weighted by Gasteiger charge is 2.31. The van der Waals surface area contributed by atoms with Crippen LogP contribution in [-0.4, -0.2) is 13.1 Å². The number of benzene rings is 2. The predicted molar refractivity (Wildman–Crippen MR) is 92.6 cm³/mol. The molecule has 1 aliphatic rings. The van der Waals surface area contributed by atoms with Crippen LogP contribution in [0, 0.1) is 11.8 Å². The average Bonchev–Trinajstić information content (AvgIpc) is 2.60. The topological polar surface area (TPSA) is 38.3 Å². The molecule has 2 aromatic carbocycles. The number of rotatable bonds is 3. The number of esters is 1. The van der Waals surface area contributed by atoms with Gasteiger partial charge in [0.2, 0.25) is 0 Å². The minimum absolute atomic E-state index is 0.261. The van der Waals surface area contributed by atoms with Crippen molar-refractivity contribution in [2.45, 2.75) is 26.3 Å². The Bertz CT molecular complexity index is 691. The van der Waals surface area contributed by atoms with Crippen LogP contribution in [0.15, 0.2) is 48.5 Å². The van der Waals surface area contributed by atoms with Gasteiger partial charge in [-0.3, -0.25) is 0 Å². The van der Waals surface area contributed by atoms with Crippen LogP contribution in [0.5, 0.6) is 0 Å². The van der Waals surface area contributed by atoms with Gasteiger partial charge in [0, 0.05) is 5.69 Å². The van der Waals surface area contributed by atoms with E-state index in [0.717, 1.165) is 6.42 Å². The first-order valence-electron chi connectivity index (χ1n) is 8.13. The molecule has 1 aliphatic heterocycles. The zero-order valence-electron chi connectivity index (χ0n) is 13.9. The van der Waals surface area contributed by atoms with E-state index < -0.39 is 0 Å². The number of methoxy groups -OCH3 is 1. The van der Waals surface area contributed by atoms with E-state index >= 15 is 0 Å². The molecular weight excluding hydrogens is 286 g/mol. The summed E-state index contributed by atoms with van der Waals surface area (Å²) >= 11 is 0. The maximum Gasteiger partial charge on any atom is 0.337 e. The second-order valence-corrected chi connectivity index (χ2v) is 6.50. The number of fused-ring (bicyclic) bond motifs is 1. The lowest BCUT2D eigenvalue weighted by Gasteiger charge is -2.37. The molecule has 0 radical (unpaired) electrons. The fourth-order valence-electron chi connectivity index (χ4n) is 3.38. The Balaban J connectivity index is 1.92. The highest BCUT2D eigenvalue weighted by Crippen LogP contribution is 2.40. The van der Waals surface area contributed by atoms with Crippen molar-refractivity contribution in [1.29, 1.82) is 0 Å². The SMILES string of the molecule is COC(=O)c1ccc(C2Nc3ccccc3CC2C(C)C)cc1. The van der Waals surface area contributed by atoms with Crippen molar-refractivity contribution >= 4 is 11.7 Å². The van der Waals surface area contributed by atoms with E-state index in [2.05, 4.69) is 43.4 Å². The molecule has 2 atom stereocenters. The first-order chi connectivity index (χ1) is 11.1. The lowest BCUT2D eigenvalue weighted by molar-refractivity contribution is 0.0600. The Morgan fingerprint density at radius 2 is 1.83 bits per heavy atom. The zero-order valence-corrected chi connectivity index (χ0v) is 13.9. The van der Waals surface area contributed by atoms with Gasteiger partial charge in [0.1, 0.15) is 0 Å². The molecule has 0 fully saturated rings. The molecule has 0 aromatic heterocycles. The molecule has 3 heteroatoms. The number of carbonyl (C=O) groups excluding carboxylic acids is 1. The molecule has 0 saturated heterocycles. The minimum atomic E-state index is -0.293. The third-order valence-corrected chi connectivity index (χ3v) is 4.76. The van der Waals surface area contributed by atoms with Gasteiger partial charge >= 0.3 is 5.97 Å². The van der Waals surface area contributed by atoms with Gasteiger partial charge in [-0.1, -0.05) is 44.2 Å². The van der Waals surface area contributed by atoms with Gasteiger partial charge in [-0.2, -0.15) is 0 Å². The van der Waals surface area contributed by atoms with E-state index in [4.69, 9.17) is 4.74 Å². The first-order valence-corrected chi connectivity index (χ1v) is 8.13. The molecule has 120 valence electrons. The molecule has 2 aromatic rings. The van der Waals surface area contributed by atoms with Gasteiger partial charge in [0.05, 0.1) is 18.7 Å². The van der Waals surface area contributed by atoms with E-state index in [-0.39, 0.29) is 12.0 Å². The minimum Gasteiger partial charge on any atom is -0.465 e. The highest BCUT2D eigenvalue weighted by molar-refractivity contribution is 5.89. The van der Waals surface area contributed by atoms with E-state index in [0.29, 0.717) is 17.4 Å². The Labute approximate surface area is 137 Å². The van der Waals surface area contributed by atoms with E-state index in [1.165, 1.54) is 23.9 Å². The third-order valence-electron chi connectivity index (χ3n) is 4.76. The second kappa shape index (κ2) is 6.45. The molecular formula is C20H23NO2. The largest absolute Gasteiger partial charge is 0.465 e. The Hall–Kier alpha value is -2.29. The zero-order chi connectivity index (χ0) is 16.4. The monoisotopic (exact) mass is 309 g/mol. The predicted octanol–water partition coefficient (Wildman–Crippen LogP) is 4.45. The van der Waals surface area contributed by atoms with Crippen molar-refractivity contribution in [1.82, 2.24) is 0 Å². The Kier molecular flexibility index (Phi) is 4.37. The van der Waals surface area contributed by atoms with Gasteiger partial charge < -0.3 is 10.1 Å². The number of ether oxygens (including phenoxy) is 1. The van der Waals surface area contributed by atoms with Gasteiger partial charge in [-0.15, -0.1) is 0 Å². The number of hydrogen-bond donors (Lipinski definition) is 1. The number of para-hydroxylation sites is 1. The van der Waals surface area contributed by atoms with Crippen LogP contribution in [0.25, 0.3) is 0 Å². The van der Waals surface area contributed by atoms with Gasteiger partial charge in [-0.05, 0) is 47.6 Å². The molecule has 0 amide bonds. The quantitative estimate of drug-likeness (QED) is 0.851. The van der Waals surface area contributed by atoms with Crippen LogP contribution in [-0.2, 0) is 11.2 Å². The summed E-state index contributed by atoms with van der Waals surface area (Å²) in [6.07, 6.45) is 1.07. The molecule has 3 nitrogen and oxygen atoms in total. The van der Waals surface area contributed by atoms with E-state index in [9.17, 15) is 4.79 Å². The summed E-state index contributed by atoms with van der Waals surface area (Å²) in [4.78, 5) is 11.6. The Morgan fingerprint density at radius 1 is 1.13 bits per heavy atom. The summed E-state index contributed by atoms with van der Waals surface area (Å²) in [5.74, 6) is 0.800. The fraction of sp³-hybridized carbons (Fsp3) is 0.350. The van der Waals surface area contributed by atoms with Crippen molar-refractivity contribution in [3.8, 4) is 0 Å². The summed E-state index contributed by atoms with van der Waals surface area (Å²) in [7, 11) is 1.41. The maximum absolute atomic E-state index is 11.6. The smallest absolute Gasteiger partial charge is 0.337 e. The highest BCUT2D eigenvalue weighted by atomic mass is 16.5. The van der Waals surface area contributed by atoms with Crippen molar-refractivity contribution in [3.63, 3.8) is 0 Å². The van der Waals surface area contributed by atoms with Gasteiger partial charge in [0.25, 0.3) is 0 Å². The lowest BCUT2D eigenvalue weighted by Crippen LogP contribution is -2.31. The maximum atomic E-state index is 11.6. The molecule has 2 unspecified atom stereocenters. The number of carbonyl (C=O) groups is 1. The molecule has 3 rings (SSSR count). The van der Waals surface area contributed by atoms with Crippen LogP contribution < -0.4 is 5.32 Å². The first kappa shape index (κ1) is 15.6. The van der Waals surface area contributed by atoms with Crippen LogP contribution in [0.4, 0.5) is 5.69 Å². The van der Waals surface area contributed by atoms with Crippen molar-refractivity contribution in [2.24, 2.45) is 11.8 Å². The molecule has 0 bridgehead atoms. The van der Waals surface area contributed by atoms with E-state index in [1.54, 1.807) is 0 Å². The normalized spacial score (nSPS) is 19.8. The standard InChI is InChI=1S/C20H23NO2/c1-13(2)17-12-16-6-4-5-7-18(16)21-19(17)14-8-10-15(11-9-14)20(22)23-3/h4-11,13,17,19,21H,12H2,1-3H3. The molecule has 0 saturated carbocycles. The molecule has 23 heavy (non-hydrogen) atoms. The number of nitrogens with one attached hydrogen (secondary N) is 1. The summed E-state index contributed by atoms with van der Waals surface area (Å²) in [6, 6.07) is 16.5. The molecule has 1 N–H and O–H groups in total. The lowest BCUT2D eigenvalue weighted by atomic mass is 9.77. The molecule has 0 aliphatic carbocycles. The summed E-state index contributed by atoms with van der Waals surface area (Å²) in [5.41, 5.74) is 4.40. The van der Waals surface area contributed by atoms with Crippen LogP contribution in [0.1, 0.15) is 41.4 Å². The summed E-state index contributed by atoms with van der Waals surface area (Å²) in [6.45, 7) is 4.55. The summed E-state index contributed by atoms with van der Waals surface area (Å²) in [5, 5.41) is 3.69. The molecule has 0 spiro atoms. The van der Waals surface area contributed by atoms with Crippen molar-refractivity contribution in [2.75, 3.05) is 12.4 Å². The fourth-order valence-corrected chi connectivity index (χ4v) is 3.38. The van der Waals surface area contributed by atoms with Crippen molar-refractivity contribution in [3.05, 3.63) is 65.2 Å². The third kappa shape index (κ3) is 3.09. The number of hydrogen-bond acceptors (Lipinski definition) is 3.